The van der Waals surface area contributed by atoms with Crippen LogP contribution in [-0.4, -0.2) is 30.0 Å². The predicted octanol–water partition coefficient (Wildman–Crippen LogP) is 2.66. The van der Waals surface area contributed by atoms with Crippen molar-refractivity contribution in [2.75, 3.05) is 13.1 Å². The van der Waals surface area contributed by atoms with E-state index < -0.39 is 0 Å². The molecular formula is C16H25N3. The minimum absolute atomic E-state index is 0.280. The van der Waals surface area contributed by atoms with Gasteiger partial charge in [-0.05, 0) is 44.6 Å². The molecule has 3 heteroatoms. The van der Waals surface area contributed by atoms with Gasteiger partial charge in [-0.15, -0.1) is 0 Å². The van der Waals surface area contributed by atoms with Gasteiger partial charge in [-0.3, -0.25) is 4.99 Å². The number of piperidine rings is 1. The zero-order chi connectivity index (χ0) is 13.7. The SMILES string of the molecule is CC(C)N=C(N)N1CCC(Cc2ccccc2)CC1. The first kappa shape index (κ1) is 13.9. The standard InChI is InChI=1S/C16H25N3/c1-13(2)18-16(17)19-10-8-15(9-11-19)12-14-6-4-3-5-7-14/h3-7,13,15H,8-12H2,1-2H3,(H2,17,18). The summed E-state index contributed by atoms with van der Waals surface area (Å²) in [5.41, 5.74) is 7.47. The maximum Gasteiger partial charge on any atom is 0.191 e. The van der Waals surface area contributed by atoms with Crippen LogP contribution in [0.2, 0.25) is 0 Å². The molecule has 1 fully saturated rings. The Hall–Kier alpha value is -1.51. The van der Waals surface area contributed by atoms with Gasteiger partial charge in [0.05, 0.1) is 0 Å². The normalized spacial score (nSPS) is 18.1. The molecule has 104 valence electrons. The number of guanidine groups is 1. The lowest BCUT2D eigenvalue weighted by Crippen LogP contribution is -2.43. The lowest BCUT2D eigenvalue weighted by molar-refractivity contribution is 0.262. The summed E-state index contributed by atoms with van der Waals surface area (Å²) in [6.07, 6.45) is 3.61. The minimum Gasteiger partial charge on any atom is -0.370 e. The summed E-state index contributed by atoms with van der Waals surface area (Å²) in [5.74, 6) is 1.50. The van der Waals surface area contributed by atoms with Crippen LogP contribution in [0.25, 0.3) is 0 Å². The first-order valence-electron chi connectivity index (χ1n) is 7.27. The van der Waals surface area contributed by atoms with Gasteiger partial charge in [-0.1, -0.05) is 30.3 Å². The Balaban J connectivity index is 1.83. The topological polar surface area (TPSA) is 41.6 Å². The molecule has 1 saturated heterocycles. The molecule has 0 aliphatic carbocycles. The van der Waals surface area contributed by atoms with Crippen molar-refractivity contribution in [3.05, 3.63) is 35.9 Å². The monoisotopic (exact) mass is 259 g/mol. The molecule has 0 spiro atoms. The fourth-order valence-electron chi connectivity index (χ4n) is 2.66. The van der Waals surface area contributed by atoms with Crippen LogP contribution in [0.5, 0.6) is 0 Å². The second-order valence-corrected chi connectivity index (χ2v) is 5.70. The average Bonchev–Trinajstić information content (AvgIpc) is 2.40. The minimum atomic E-state index is 0.280. The summed E-state index contributed by atoms with van der Waals surface area (Å²) < 4.78 is 0. The van der Waals surface area contributed by atoms with Crippen molar-refractivity contribution in [2.45, 2.75) is 39.2 Å². The number of aliphatic imine (C=N–C) groups is 1. The number of rotatable bonds is 3. The van der Waals surface area contributed by atoms with E-state index in [1.807, 2.05) is 0 Å². The summed E-state index contributed by atoms with van der Waals surface area (Å²) in [6.45, 7) is 6.21. The molecule has 1 aromatic rings. The highest BCUT2D eigenvalue weighted by Crippen LogP contribution is 2.21. The van der Waals surface area contributed by atoms with Gasteiger partial charge in [0, 0.05) is 19.1 Å². The Bertz CT molecular complexity index is 403. The summed E-state index contributed by atoms with van der Waals surface area (Å²) in [7, 11) is 0. The van der Waals surface area contributed by atoms with Crippen molar-refractivity contribution < 1.29 is 0 Å². The average molecular weight is 259 g/mol. The highest BCUT2D eigenvalue weighted by atomic mass is 15.3. The molecule has 1 heterocycles. The van der Waals surface area contributed by atoms with Crippen molar-refractivity contribution in [1.29, 1.82) is 0 Å². The van der Waals surface area contributed by atoms with Gasteiger partial charge in [-0.25, -0.2) is 0 Å². The fraction of sp³-hybridized carbons (Fsp3) is 0.562. The first-order valence-corrected chi connectivity index (χ1v) is 7.27. The first-order chi connectivity index (χ1) is 9.15. The van der Waals surface area contributed by atoms with Gasteiger partial charge >= 0.3 is 0 Å². The third-order valence-corrected chi connectivity index (χ3v) is 3.70. The highest BCUT2D eigenvalue weighted by Gasteiger charge is 2.20. The van der Waals surface area contributed by atoms with E-state index in [9.17, 15) is 0 Å². The predicted molar refractivity (Wildman–Crippen MR) is 81.2 cm³/mol. The van der Waals surface area contributed by atoms with E-state index in [0.717, 1.165) is 19.0 Å². The zero-order valence-corrected chi connectivity index (χ0v) is 12.0. The quantitative estimate of drug-likeness (QED) is 0.670. The van der Waals surface area contributed by atoms with Crippen molar-refractivity contribution in [1.82, 2.24) is 4.90 Å². The van der Waals surface area contributed by atoms with E-state index in [2.05, 4.69) is 54.1 Å². The smallest absolute Gasteiger partial charge is 0.191 e. The Morgan fingerprint density at radius 3 is 2.47 bits per heavy atom. The van der Waals surface area contributed by atoms with E-state index in [1.165, 1.54) is 24.8 Å². The number of likely N-dealkylation sites (tertiary alicyclic amines) is 1. The molecule has 0 atom stereocenters. The Labute approximate surface area is 116 Å². The third kappa shape index (κ3) is 4.27. The van der Waals surface area contributed by atoms with Crippen LogP contribution in [0.4, 0.5) is 0 Å². The number of hydrogen-bond acceptors (Lipinski definition) is 1. The zero-order valence-electron chi connectivity index (χ0n) is 12.0. The number of hydrogen-bond donors (Lipinski definition) is 1. The van der Waals surface area contributed by atoms with Crippen molar-refractivity contribution in [3.8, 4) is 0 Å². The molecule has 0 bridgehead atoms. The summed E-state index contributed by atoms with van der Waals surface area (Å²) in [5, 5.41) is 0. The lowest BCUT2D eigenvalue weighted by Gasteiger charge is -2.33. The van der Waals surface area contributed by atoms with Crippen LogP contribution in [0.3, 0.4) is 0 Å². The van der Waals surface area contributed by atoms with Gasteiger partial charge in [0.2, 0.25) is 0 Å². The van der Waals surface area contributed by atoms with E-state index in [-0.39, 0.29) is 6.04 Å². The summed E-state index contributed by atoms with van der Waals surface area (Å²) >= 11 is 0. The number of nitrogens with two attached hydrogens (primary N) is 1. The maximum absolute atomic E-state index is 6.02. The highest BCUT2D eigenvalue weighted by molar-refractivity contribution is 5.78. The molecule has 3 nitrogen and oxygen atoms in total. The molecule has 2 N–H and O–H groups in total. The second-order valence-electron chi connectivity index (χ2n) is 5.70. The van der Waals surface area contributed by atoms with Gasteiger partial charge in [0.15, 0.2) is 5.96 Å². The number of benzene rings is 1. The molecule has 0 aromatic heterocycles. The van der Waals surface area contributed by atoms with Crippen LogP contribution in [0, 0.1) is 5.92 Å². The van der Waals surface area contributed by atoms with Crippen LogP contribution in [-0.2, 0) is 6.42 Å². The molecule has 0 radical (unpaired) electrons. The Morgan fingerprint density at radius 1 is 1.26 bits per heavy atom. The second kappa shape index (κ2) is 6.60. The fourth-order valence-corrected chi connectivity index (χ4v) is 2.66. The molecule has 1 aliphatic heterocycles. The van der Waals surface area contributed by atoms with Gasteiger partial charge < -0.3 is 10.6 Å². The third-order valence-electron chi connectivity index (χ3n) is 3.70. The molecule has 0 unspecified atom stereocenters. The Kier molecular flexibility index (Phi) is 4.83. The largest absolute Gasteiger partial charge is 0.370 e. The molecular weight excluding hydrogens is 234 g/mol. The van der Waals surface area contributed by atoms with Crippen molar-refractivity contribution >= 4 is 5.96 Å². The number of nitrogens with zero attached hydrogens (tertiary/aromatic N) is 2. The molecule has 0 amide bonds. The molecule has 19 heavy (non-hydrogen) atoms. The van der Waals surface area contributed by atoms with Gasteiger partial charge in [-0.2, -0.15) is 0 Å². The summed E-state index contributed by atoms with van der Waals surface area (Å²) in [4.78, 5) is 6.65. The van der Waals surface area contributed by atoms with Crippen molar-refractivity contribution in [3.63, 3.8) is 0 Å². The molecule has 2 rings (SSSR count). The Morgan fingerprint density at radius 2 is 1.89 bits per heavy atom. The van der Waals surface area contributed by atoms with Crippen LogP contribution in [0.1, 0.15) is 32.3 Å². The van der Waals surface area contributed by atoms with Gasteiger partial charge in [0.1, 0.15) is 0 Å². The van der Waals surface area contributed by atoms with E-state index in [0.29, 0.717) is 5.96 Å². The van der Waals surface area contributed by atoms with Gasteiger partial charge in [0.25, 0.3) is 0 Å². The molecule has 1 aromatic carbocycles. The van der Waals surface area contributed by atoms with Crippen molar-refractivity contribution in [2.24, 2.45) is 16.6 Å². The molecule has 1 aliphatic rings. The van der Waals surface area contributed by atoms with E-state index in [1.54, 1.807) is 0 Å². The van der Waals surface area contributed by atoms with E-state index in [4.69, 9.17) is 5.73 Å². The molecule has 0 saturated carbocycles. The summed E-state index contributed by atoms with van der Waals surface area (Å²) in [6, 6.07) is 11.1. The maximum atomic E-state index is 6.02. The van der Waals surface area contributed by atoms with E-state index >= 15 is 0 Å². The van der Waals surface area contributed by atoms with Crippen LogP contribution in [0.15, 0.2) is 35.3 Å². The lowest BCUT2D eigenvalue weighted by atomic mass is 9.90. The van der Waals surface area contributed by atoms with Crippen LogP contribution < -0.4 is 5.73 Å². The van der Waals surface area contributed by atoms with Crippen LogP contribution >= 0.6 is 0 Å².